The topological polar surface area (TPSA) is 26.9 Å². The molecular weight excluding hydrogens is 280 g/mol. The van der Waals surface area contributed by atoms with E-state index >= 15 is 0 Å². The first-order valence-corrected chi connectivity index (χ1v) is 11.4. The summed E-state index contributed by atoms with van der Waals surface area (Å²) in [4.78, 5) is 0. The normalized spacial score (nSPS) is 10.0. The van der Waals surface area contributed by atoms with Crippen molar-refractivity contribution in [3.8, 4) is 0 Å². The zero-order valence-corrected chi connectivity index (χ0v) is 10.3. The van der Waals surface area contributed by atoms with Gasteiger partial charge >= 0.3 is 49.6 Å². The molecule has 0 fully saturated rings. The average Bonchev–Trinajstić information content (AvgIpc) is 1.85. The van der Waals surface area contributed by atoms with Gasteiger partial charge in [0.1, 0.15) is 0 Å². The molecule has 7 heteroatoms. The van der Waals surface area contributed by atoms with E-state index < -0.39 is 12.3 Å². The maximum Gasteiger partial charge on any atom is 0.180 e. The van der Waals surface area contributed by atoms with Crippen molar-refractivity contribution in [1.29, 1.82) is 0 Å². The molecule has 0 spiro atoms. The second kappa shape index (κ2) is 6.30. The van der Waals surface area contributed by atoms with Crippen molar-refractivity contribution < 1.29 is 17.1 Å². The zero-order chi connectivity index (χ0) is 9.61. The van der Waals surface area contributed by atoms with Gasteiger partial charge in [-0.2, -0.15) is 4.73 Å². The van der Waals surface area contributed by atoms with Crippen molar-refractivity contribution in [2.75, 3.05) is 0 Å². The van der Waals surface area contributed by atoms with E-state index in [0.29, 0.717) is 0 Å². The van der Waals surface area contributed by atoms with Crippen molar-refractivity contribution in [3.63, 3.8) is 0 Å². The molecule has 0 bridgehead atoms. The number of pyridine rings is 1. The number of aromatic nitrogens is 1. The van der Waals surface area contributed by atoms with E-state index in [0.717, 1.165) is 4.73 Å². The van der Waals surface area contributed by atoms with Crippen molar-refractivity contribution >= 4 is 37.2 Å². The maximum absolute atomic E-state index is 10.2. The van der Waals surface area contributed by atoms with Crippen LogP contribution in [0.3, 0.4) is 0 Å². The summed E-state index contributed by atoms with van der Waals surface area (Å²) in [5.74, 6) is 0. The third-order valence-electron chi connectivity index (χ3n) is 0.688. The molecule has 68 valence electrons. The molecule has 0 N–H and O–H groups in total. The van der Waals surface area contributed by atoms with E-state index in [2.05, 4.69) is 0 Å². The molecular formula is C5H5Cl4NOTi. The molecule has 0 radical (unpaired) electrons. The van der Waals surface area contributed by atoms with Crippen LogP contribution in [-0.4, -0.2) is 0 Å². The summed E-state index contributed by atoms with van der Waals surface area (Å²) < 4.78 is 0.750. The van der Waals surface area contributed by atoms with Gasteiger partial charge in [0.15, 0.2) is 12.4 Å². The van der Waals surface area contributed by atoms with Gasteiger partial charge in [-0.3, -0.25) is 0 Å². The van der Waals surface area contributed by atoms with E-state index in [-0.39, 0.29) is 0 Å². The van der Waals surface area contributed by atoms with Gasteiger partial charge in [0, 0.05) is 12.1 Å². The van der Waals surface area contributed by atoms with Gasteiger partial charge in [0.25, 0.3) is 0 Å². The first kappa shape index (κ1) is 12.8. The van der Waals surface area contributed by atoms with Gasteiger partial charge in [-0.25, -0.2) is 0 Å². The van der Waals surface area contributed by atoms with Crippen LogP contribution in [0.5, 0.6) is 0 Å². The smallest absolute Gasteiger partial charge is 0.180 e. The molecule has 0 aromatic carbocycles. The van der Waals surface area contributed by atoms with Crippen LogP contribution in [0.15, 0.2) is 30.6 Å². The summed E-state index contributed by atoms with van der Waals surface area (Å²) in [6.07, 6.45) is 2.89. The van der Waals surface area contributed by atoms with E-state index in [1.54, 1.807) is 18.2 Å². The minimum absolute atomic E-state index is 0.750. The Kier molecular flexibility index (Phi) is 6.74. The van der Waals surface area contributed by atoms with Crippen LogP contribution in [0.25, 0.3) is 0 Å². The molecule has 1 rings (SSSR count). The molecule has 0 saturated carbocycles. The molecule has 0 saturated heterocycles. The van der Waals surface area contributed by atoms with E-state index in [9.17, 15) is 5.21 Å². The Balaban J connectivity index is 0.000000217. The molecule has 0 atom stereocenters. The van der Waals surface area contributed by atoms with Crippen molar-refractivity contribution in [2.24, 2.45) is 0 Å². The van der Waals surface area contributed by atoms with Gasteiger partial charge in [0.2, 0.25) is 0 Å². The SMILES string of the molecule is [Cl][Ti]([Cl])([Cl])[Cl].[O-][n+]1ccccc1. The molecule has 0 amide bonds. The number of rotatable bonds is 0. The average molecular weight is 285 g/mol. The van der Waals surface area contributed by atoms with Crippen molar-refractivity contribution in [1.82, 2.24) is 0 Å². The predicted octanol–water partition coefficient (Wildman–Crippen LogP) is 3.08. The second-order valence-electron chi connectivity index (χ2n) is 1.66. The summed E-state index contributed by atoms with van der Waals surface area (Å²) in [5.41, 5.74) is 0. The standard InChI is InChI=1S/C5H5NO.4ClH.Ti/c7-6-4-2-1-3-5-6;;;;;/h1-5H;4*1H;/q;;;;;+4/p-4. The van der Waals surface area contributed by atoms with Crippen LogP contribution in [0, 0.1) is 5.21 Å². The Morgan fingerprint density at radius 2 is 1.25 bits per heavy atom. The largest absolute Gasteiger partial charge is 0.619 e. The van der Waals surface area contributed by atoms with Gasteiger partial charge in [-0.05, 0) is 0 Å². The summed E-state index contributed by atoms with van der Waals surface area (Å²) in [6.45, 7) is 0. The maximum atomic E-state index is 10.2. The molecule has 1 heterocycles. The quantitative estimate of drug-likeness (QED) is 0.409. The van der Waals surface area contributed by atoms with Crippen molar-refractivity contribution in [2.45, 2.75) is 0 Å². The number of halogens is 4. The first-order valence-electron chi connectivity index (χ1n) is 2.79. The van der Waals surface area contributed by atoms with Crippen LogP contribution in [-0.2, 0) is 12.3 Å². The fourth-order valence-corrected chi connectivity index (χ4v) is 0.383. The third-order valence-corrected chi connectivity index (χ3v) is 0.688. The summed E-state index contributed by atoms with van der Waals surface area (Å²) in [5, 5.41) is 10.2. The fourth-order valence-electron chi connectivity index (χ4n) is 0.383. The Bertz CT molecular complexity index is 208. The van der Waals surface area contributed by atoms with Crippen LogP contribution in [0.2, 0.25) is 0 Å². The van der Waals surface area contributed by atoms with Crippen LogP contribution in [0.4, 0.5) is 0 Å². The fraction of sp³-hybridized carbons (Fsp3) is 0. The summed E-state index contributed by atoms with van der Waals surface area (Å²) in [6, 6.07) is 5.18. The molecule has 12 heavy (non-hydrogen) atoms. The predicted molar refractivity (Wildman–Crippen MR) is 48.8 cm³/mol. The van der Waals surface area contributed by atoms with Gasteiger partial charge in [-0.1, -0.05) is 6.07 Å². The van der Waals surface area contributed by atoms with Gasteiger partial charge < -0.3 is 5.21 Å². The number of hydrogen-bond donors (Lipinski definition) is 0. The molecule has 1 aromatic rings. The van der Waals surface area contributed by atoms with Crippen LogP contribution in [0.1, 0.15) is 0 Å². The molecule has 0 aliphatic heterocycles. The number of hydrogen-bond acceptors (Lipinski definition) is 1. The Morgan fingerprint density at radius 3 is 1.42 bits per heavy atom. The van der Waals surface area contributed by atoms with Crippen LogP contribution < -0.4 is 4.73 Å². The van der Waals surface area contributed by atoms with E-state index in [1.807, 2.05) is 0 Å². The molecule has 0 aliphatic carbocycles. The summed E-state index contributed by atoms with van der Waals surface area (Å²) in [7, 11) is 20.1. The Hall–Kier alpha value is 0.824. The molecule has 1 aromatic heterocycles. The van der Waals surface area contributed by atoms with Gasteiger partial charge in [0.05, 0.1) is 0 Å². The second-order valence-corrected chi connectivity index (χ2v) is 17.1. The van der Waals surface area contributed by atoms with Crippen molar-refractivity contribution in [3.05, 3.63) is 35.8 Å². The third kappa shape index (κ3) is 13.4. The zero-order valence-electron chi connectivity index (χ0n) is 5.75. The number of nitrogens with zero attached hydrogens (tertiary/aromatic N) is 1. The minimum atomic E-state index is -3.11. The molecule has 0 unspecified atom stereocenters. The molecule has 0 aliphatic rings. The van der Waals surface area contributed by atoms with Crippen LogP contribution >= 0.6 is 37.2 Å². The monoisotopic (exact) mass is 283 g/mol. The van der Waals surface area contributed by atoms with Gasteiger partial charge in [-0.15, -0.1) is 0 Å². The Labute approximate surface area is 89.4 Å². The Morgan fingerprint density at radius 1 is 0.917 bits per heavy atom. The first-order chi connectivity index (χ1) is 5.39. The molecule has 2 nitrogen and oxygen atoms in total. The van der Waals surface area contributed by atoms with E-state index in [4.69, 9.17) is 37.2 Å². The summed E-state index contributed by atoms with van der Waals surface area (Å²) >= 11 is -3.11. The minimum Gasteiger partial charge on any atom is -0.619 e. The van der Waals surface area contributed by atoms with E-state index in [1.165, 1.54) is 12.4 Å².